The molecule has 2 amide bonds. The molecule has 1 fully saturated rings. The number of anilines is 1. The summed E-state index contributed by atoms with van der Waals surface area (Å²) in [6, 6.07) is 16.3. The highest BCUT2D eigenvalue weighted by Gasteiger charge is 2.27. The first kappa shape index (κ1) is 22.5. The van der Waals surface area contributed by atoms with E-state index in [1.54, 1.807) is 42.5 Å². The summed E-state index contributed by atoms with van der Waals surface area (Å²) in [4.78, 5) is 34.4. The molecule has 2 aromatic carbocycles. The number of carbonyl (C=O) groups is 2. The fraction of sp³-hybridized carbons (Fsp3) is 0.269. The standard InChI is InChI=1S/C26H26N4O5/c1-33-21-7-3-2-5-19(21)26(32)30-13-11-29(12-14-30)24-20(6-4-10-27-24)25(31)28-16-18-8-9-22-23(15-18)35-17-34-22/h2-10,15H,11-14,16-17H2,1H3,(H,28,31). The molecule has 180 valence electrons. The molecule has 0 spiro atoms. The van der Waals surface area contributed by atoms with Gasteiger partial charge in [0.1, 0.15) is 11.6 Å². The van der Waals surface area contributed by atoms with Gasteiger partial charge in [0.15, 0.2) is 11.5 Å². The van der Waals surface area contributed by atoms with Crippen LogP contribution in [0.5, 0.6) is 17.2 Å². The van der Waals surface area contributed by atoms with Crippen LogP contribution in [0.2, 0.25) is 0 Å². The molecule has 9 heteroatoms. The van der Waals surface area contributed by atoms with Crippen molar-refractivity contribution in [2.45, 2.75) is 6.54 Å². The average Bonchev–Trinajstić information content (AvgIpc) is 3.39. The van der Waals surface area contributed by atoms with Gasteiger partial charge in [-0.2, -0.15) is 0 Å². The summed E-state index contributed by atoms with van der Waals surface area (Å²) in [5.41, 5.74) is 1.96. The van der Waals surface area contributed by atoms with E-state index in [2.05, 4.69) is 10.3 Å². The third-order valence-electron chi connectivity index (χ3n) is 6.13. The van der Waals surface area contributed by atoms with Gasteiger partial charge < -0.3 is 29.3 Å². The Morgan fingerprint density at radius 2 is 1.74 bits per heavy atom. The van der Waals surface area contributed by atoms with Gasteiger partial charge in [-0.05, 0) is 42.0 Å². The molecule has 0 radical (unpaired) electrons. The van der Waals surface area contributed by atoms with Crippen molar-refractivity contribution in [3.05, 3.63) is 77.5 Å². The van der Waals surface area contributed by atoms with E-state index in [1.165, 1.54) is 0 Å². The molecule has 0 aliphatic carbocycles. The van der Waals surface area contributed by atoms with Crippen molar-refractivity contribution < 1.29 is 23.8 Å². The Bertz CT molecular complexity index is 1240. The van der Waals surface area contributed by atoms with E-state index < -0.39 is 0 Å². The van der Waals surface area contributed by atoms with Gasteiger partial charge in [-0.25, -0.2) is 4.98 Å². The number of amides is 2. The van der Waals surface area contributed by atoms with Crippen molar-refractivity contribution >= 4 is 17.6 Å². The smallest absolute Gasteiger partial charge is 0.257 e. The van der Waals surface area contributed by atoms with E-state index in [1.807, 2.05) is 35.2 Å². The van der Waals surface area contributed by atoms with Crippen molar-refractivity contribution in [1.82, 2.24) is 15.2 Å². The summed E-state index contributed by atoms with van der Waals surface area (Å²) in [5.74, 6) is 2.28. The SMILES string of the molecule is COc1ccccc1C(=O)N1CCN(c2ncccc2C(=O)NCc2ccc3c(c2)OCO3)CC1. The molecule has 3 aromatic rings. The van der Waals surface area contributed by atoms with Crippen molar-refractivity contribution in [1.29, 1.82) is 0 Å². The van der Waals surface area contributed by atoms with Gasteiger partial charge in [0.2, 0.25) is 6.79 Å². The summed E-state index contributed by atoms with van der Waals surface area (Å²) in [5, 5.41) is 2.97. The van der Waals surface area contributed by atoms with Crippen LogP contribution in [0.4, 0.5) is 5.82 Å². The molecule has 35 heavy (non-hydrogen) atoms. The van der Waals surface area contributed by atoms with Crippen molar-refractivity contribution in [2.24, 2.45) is 0 Å². The highest BCUT2D eigenvalue weighted by atomic mass is 16.7. The van der Waals surface area contributed by atoms with Crippen LogP contribution in [-0.4, -0.2) is 61.8 Å². The number of pyridine rings is 1. The topological polar surface area (TPSA) is 93.2 Å². The molecule has 2 aliphatic heterocycles. The summed E-state index contributed by atoms with van der Waals surface area (Å²) >= 11 is 0. The quantitative estimate of drug-likeness (QED) is 0.587. The summed E-state index contributed by atoms with van der Waals surface area (Å²) in [7, 11) is 1.56. The van der Waals surface area contributed by atoms with E-state index in [0.717, 1.165) is 5.56 Å². The third-order valence-corrected chi connectivity index (χ3v) is 6.13. The number of methoxy groups -OCH3 is 1. The summed E-state index contributed by atoms with van der Waals surface area (Å²) in [6.45, 7) is 2.74. The number of nitrogens with one attached hydrogen (secondary N) is 1. The number of aromatic nitrogens is 1. The molecule has 1 saturated heterocycles. The van der Waals surface area contributed by atoms with E-state index in [-0.39, 0.29) is 18.6 Å². The zero-order valence-corrected chi connectivity index (χ0v) is 19.4. The van der Waals surface area contributed by atoms with Crippen LogP contribution in [0.15, 0.2) is 60.8 Å². The highest BCUT2D eigenvalue weighted by Crippen LogP contribution is 2.32. The molecule has 3 heterocycles. The van der Waals surface area contributed by atoms with E-state index in [4.69, 9.17) is 14.2 Å². The van der Waals surface area contributed by atoms with Crippen LogP contribution in [-0.2, 0) is 6.54 Å². The number of carbonyl (C=O) groups excluding carboxylic acids is 2. The predicted molar refractivity (Wildman–Crippen MR) is 129 cm³/mol. The minimum absolute atomic E-state index is 0.0650. The largest absolute Gasteiger partial charge is 0.496 e. The number of ether oxygens (including phenoxy) is 3. The fourth-order valence-electron chi connectivity index (χ4n) is 4.27. The van der Waals surface area contributed by atoms with Gasteiger partial charge in [-0.3, -0.25) is 9.59 Å². The third kappa shape index (κ3) is 4.70. The Morgan fingerprint density at radius 1 is 0.971 bits per heavy atom. The lowest BCUT2D eigenvalue weighted by Crippen LogP contribution is -2.49. The van der Waals surface area contributed by atoms with Crippen LogP contribution in [0.3, 0.4) is 0 Å². The second-order valence-electron chi connectivity index (χ2n) is 8.22. The molecule has 1 aromatic heterocycles. The van der Waals surface area contributed by atoms with Crippen molar-refractivity contribution in [2.75, 3.05) is 45.0 Å². The normalized spacial score (nSPS) is 14.5. The first-order chi connectivity index (χ1) is 17.1. The number of para-hydroxylation sites is 1. The predicted octanol–water partition coefficient (Wildman–Crippen LogP) is 2.71. The maximum Gasteiger partial charge on any atom is 0.257 e. The van der Waals surface area contributed by atoms with Crippen LogP contribution >= 0.6 is 0 Å². The fourth-order valence-corrected chi connectivity index (χ4v) is 4.27. The van der Waals surface area contributed by atoms with Gasteiger partial charge in [0.05, 0.1) is 18.2 Å². The molecule has 2 aliphatic rings. The lowest BCUT2D eigenvalue weighted by Gasteiger charge is -2.36. The minimum atomic E-state index is -0.210. The van der Waals surface area contributed by atoms with E-state index in [9.17, 15) is 9.59 Å². The maximum atomic E-state index is 13.0. The zero-order valence-electron chi connectivity index (χ0n) is 19.4. The number of rotatable bonds is 6. The molecule has 0 unspecified atom stereocenters. The monoisotopic (exact) mass is 474 g/mol. The number of fused-ring (bicyclic) bond motifs is 1. The van der Waals surface area contributed by atoms with Crippen molar-refractivity contribution in [3.63, 3.8) is 0 Å². The highest BCUT2D eigenvalue weighted by molar-refractivity contribution is 5.99. The van der Waals surface area contributed by atoms with Gasteiger partial charge in [0, 0.05) is 38.9 Å². The Labute approximate surface area is 203 Å². The molecule has 0 bridgehead atoms. The number of benzene rings is 2. The number of hydrogen-bond acceptors (Lipinski definition) is 7. The first-order valence-corrected chi connectivity index (χ1v) is 11.4. The Morgan fingerprint density at radius 3 is 2.57 bits per heavy atom. The maximum absolute atomic E-state index is 13.0. The molecule has 9 nitrogen and oxygen atoms in total. The zero-order chi connectivity index (χ0) is 24.2. The molecule has 1 N–H and O–H groups in total. The van der Waals surface area contributed by atoms with E-state index in [0.29, 0.717) is 66.9 Å². The molecule has 5 rings (SSSR count). The van der Waals surface area contributed by atoms with Crippen LogP contribution < -0.4 is 24.4 Å². The van der Waals surface area contributed by atoms with Gasteiger partial charge in [0.25, 0.3) is 11.8 Å². The molecular formula is C26H26N4O5. The summed E-state index contributed by atoms with van der Waals surface area (Å²) < 4.78 is 16.1. The lowest BCUT2D eigenvalue weighted by molar-refractivity contribution is 0.0742. The number of piperazine rings is 1. The molecular weight excluding hydrogens is 448 g/mol. The molecule has 0 saturated carbocycles. The van der Waals surface area contributed by atoms with Gasteiger partial charge >= 0.3 is 0 Å². The van der Waals surface area contributed by atoms with Crippen molar-refractivity contribution in [3.8, 4) is 17.2 Å². The Kier molecular flexibility index (Phi) is 6.38. The van der Waals surface area contributed by atoms with Gasteiger partial charge in [-0.15, -0.1) is 0 Å². The first-order valence-electron chi connectivity index (χ1n) is 11.4. The average molecular weight is 475 g/mol. The second-order valence-corrected chi connectivity index (χ2v) is 8.22. The van der Waals surface area contributed by atoms with E-state index >= 15 is 0 Å². The second kappa shape index (κ2) is 9.92. The Hall–Kier alpha value is -4.27. The minimum Gasteiger partial charge on any atom is -0.496 e. The lowest BCUT2D eigenvalue weighted by atomic mass is 10.1. The molecule has 0 atom stereocenters. The van der Waals surface area contributed by atoms with Gasteiger partial charge in [-0.1, -0.05) is 18.2 Å². The number of nitrogens with zero attached hydrogens (tertiary/aromatic N) is 3. The number of hydrogen-bond donors (Lipinski definition) is 1. The summed E-state index contributed by atoms with van der Waals surface area (Å²) in [6.07, 6.45) is 1.68. The van der Waals surface area contributed by atoms with Crippen LogP contribution in [0, 0.1) is 0 Å². The van der Waals surface area contributed by atoms with Crippen LogP contribution in [0.1, 0.15) is 26.3 Å². The van der Waals surface area contributed by atoms with Crippen LogP contribution in [0.25, 0.3) is 0 Å². The Balaban J connectivity index is 1.23.